The van der Waals surface area contributed by atoms with Crippen LogP contribution >= 0.6 is 0 Å². The number of anilines is 1. The SMILES string of the molecule is CC(C)C(NC(=O)c1c(NC(=O)OCC2c3ccccc3-c3ccccc32)cnn1C)C(=O)O. The van der Waals surface area contributed by atoms with Gasteiger partial charge in [0.2, 0.25) is 0 Å². The Morgan fingerprint density at radius 2 is 1.65 bits per heavy atom. The Hall–Kier alpha value is -4.14. The van der Waals surface area contributed by atoms with Crippen LogP contribution in [0.2, 0.25) is 0 Å². The van der Waals surface area contributed by atoms with Gasteiger partial charge in [-0.05, 0) is 28.2 Å². The monoisotopic (exact) mass is 462 g/mol. The second-order valence-corrected chi connectivity index (χ2v) is 8.51. The summed E-state index contributed by atoms with van der Waals surface area (Å²) in [6.07, 6.45) is 0.587. The van der Waals surface area contributed by atoms with Gasteiger partial charge in [-0.15, -0.1) is 0 Å². The van der Waals surface area contributed by atoms with Crippen molar-refractivity contribution in [3.05, 3.63) is 71.5 Å². The number of aromatic nitrogens is 2. The highest BCUT2D eigenvalue weighted by atomic mass is 16.5. The first-order valence-corrected chi connectivity index (χ1v) is 11.0. The Kier molecular flexibility index (Phi) is 6.36. The predicted octanol–water partition coefficient (Wildman–Crippen LogP) is 3.62. The van der Waals surface area contributed by atoms with Gasteiger partial charge in [-0.25, -0.2) is 9.59 Å². The number of aryl methyl sites for hydroxylation is 1. The lowest BCUT2D eigenvalue weighted by molar-refractivity contribution is -0.140. The fourth-order valence-electron chi connectivity index (χ4n) is 4.27. The van der Waals surface area contributed by atoms with Crippen molar-refractivity contribution in [2.45, 2.75) is 25.8 Å². The van der Waals surface area contributed by atoms with E-state index in [-0.39, 0.29) is 29.8 Å². The van der Waals surface area contributed by atoms with Gasteiger partial charge in [0.05, 0.1) is 11.9 Å². The zero-order chi connectivity index (χ0) is 24.4. The molecule has 2 amide bonds. The molecule has 1 heterocycles. The van der Waals surface area contributed by atoms with E-state index in [1.807, 2.05) is 36.4 Å². The molecule has 0 radical (unpaired) electrons. The lowest BCUT2D eigenvalue weighted by atomic mass is 9.98. The molecule has 1 aliphatic rings. The van der Waals surface area contributed by atoms with Crippen LogP contribution in [0.3, 0.4) is 0 Å². The third-order valence-corrected chi connectivity index (χ3v) is 5.95. The Bertz CT molecular complexity index is 1200. The van der Waals surface area contributed by atoms with Crippen molar-refractivity contribution in [2.24, 2.45) is 13.0 Å². The van der Waals surface area contributed by atoms with E-state index < -0.39 is 24.0 Å². The number of hydrogen-bond donors (Lipinski definition) is 3. The van der Waals surface area contributed by atoms with Crippen LogP contribution in [-0.2, 0) is 16.6 Å². The smallest absolute Gasteiger partial charge is 0.411 e. The van der Waals surface area contributed by atoms with Crippen LogP contribution < -0.4 is 10.6 Å². The Labute approximate surface area is 196 Å². The lowest BCUT2D eigenvalue weighted by Crippen LogP contribution is -2.45. The zero-order valence-electron chi connectivity index (χ0n) is 19.1. The second kappa shape index (κ2) is 9.38. The number of nitrogens with zero attached hydrogens (tertiary/aromatic N) is 2. The van der Waals surface area contributed by atoms with Gasteiger partial charge in [-0.2, -0.15) is 5.10 Å². The number of hydrogen-bond acceptors (Lipinski definition) is 5. The minimum absolute atomic E-state index is 0.0282. The number of carboxylic acid groups (broad SMARTS) is 1. The molecule has 1 unspecified atom stereocenters. The molecule has 9 nitrogen and oxygen atoms in total. The van der Waals surface area contributed by atoms with Gasteiger partial charge in [0.1, 0.15) is 18.3 Å². The van der Waals surface area contributed by atoms with E-state index in [1.54, 1.807) is 13.8 Å². The van der Waals surface area contributed by atoms with Crippen LogP contribution in [0.5, 0.6) is 0 Å². The van der Waals surface area contributed by atoms with Gasteiger partial charge < -0.3 is 15.2 Å². The third-order valence-electron chi connectivity index (χ3n) is 5.95. The highest BCUT2D eigenvalue weighted by Crippen LogP contribution is 2.44. The Morgan fingerprint density at radius 1 is 1.06 bits per heavy atom. The Balaban J connectivity index is 1.46. The molecule has 4 rings (SSSR count). The molecule has 0 bridgehead atoms. The molecule has 0 fully saturated rings. The number of benzene rings is 2. The number of amides is 2. The number of aliphatic carboxylic acids is 1. The largest absolute Gasteiger partial charge is 0.480 e. The molecule has 0 aliphatic heterocycles. The first kappa shape index (κ1) is 23.0. The highest BCUT2D eigenvalue weighted by Gasteiger charge is 2.30. The highest BCUT2D eigenvalue weighted by molar-refractivity contribution is 6.02. The topological polar surface area (TPSA) is 123 Å². The molecular formula is C25H26N4O5. The summed E-state index contributed by atoms with van der Waals surface area (Å²) in [6.45, 7) is 3.51. The first-order chi connectivity index (χ1) is 16.3. The molecule has 0 saturated carbocycles. The molecule has 1 atom stereocenters. The van der Waals surface area contributed by atoms with E-state index in [0.29, 0.717) is 0 Å². The van der Waals surface area contributed by atoms with Crippen molar-refractivity contribution in [3.63, 3.8) is 0 Å². The van der Waals surface area contributed by atoms with Gasteiger partial charge in [-0.1, -0.05) is 62.4 Å². The van der Waals surface area contributed by atoms with Crippen molar-refractivity contribution in [2.75, 3.05) is 11.9 Å². The maximum Gasteiger partial charge on any atom is 0.411 e. The summed E-state index contributed by atoms with van der Waals surface area (Å²) in [5.74, 6) is -2.22. The van der Waals surface area contributed by atoms with Crippen LogP contribution in [0.15, 0.2) is 54.7 Å². The van der Waals surface area contributed by atoms with Crippen molar-refractivity contribution >= 4 is 23.7 Å². The molecule has 3 N–H and O–H groups in total. The number of carbonyl (C=O) groups is 3. The Morgan fingerprint density at radius 3 is 2.21 bits per heavy atom. The number of carbonyl (C=O) groups excluding carboxylic acids is 2. The average molecular weight is 463 g/mol. The quantitative estimate of drug-likeness (QED) is 0.493. The van der Waals surface area contributed by atoms with Crippen LogP contribution in [0, 0.1) is 5.92 Å². The van der Waals surface area contributed by atoms with Crippen molar-refractivity contribution in [1.29, 1.82) is 0 Å². The fourth-order valence-corrected chi connectivity index (χ4v) is 4.27. The van der Waals surface area contributed by atoms with Crippen LogP contribution in [0.1, 0.15) is 41.4 Å². The summed E-state index contributed by atoms with van der Waals surface area (Å²) in [5, 5.41) is 18.4. The summed E-state index contributed by atoms with van der Waals surface area (Å²) in [5.41, 5.74) is 4.58. The summed E-state index contributed by atoms with van der Waals surface area (Å²) in [7, 11) is 1.53. The van der Waals surface area contributed by atoms with E-state index in [0.717, 1.165) is 22.3 Å². The molecule has 176 valence electrons. The number of carboxylic acids is 1. The molecule has 9 heteroatoms. The van der Waals surface area contributed by atoms with Crippen LogP contribution in [0.25, 0.3) is 11.1 Å². The minimum atomic E-state index is -1.14. The fraction of sp³-hybridized carbons (Fsp3) is 0.280. The number of ether oxygens (including phenoxy) is 1. The maximum absolute atomic E-state index is 12.8. The molecular weight excluding hydrogens is 436 g/mol. The van der Waals surface area contributed by atoms with Crippen molar-refractivity contribution in [3.8, 4) is 11.1 Å². The molecule has 3 aromatic rings. The summed E-state index contributed by atoms with van der Waals surface area (Å²) in [6, 6.07) is 15.0. The first-order valence-electron chi connectivity index (χ1n) is 11.0. The molecule has 0 saturated heterocycles. The summed E-state index contributed by atoms with van der Waals surface area (Å²) >= 11 is 0. The van der Waals surface area contributed by atoms with E-state index in [2.05, 4.69) is 27.9 Å². The minimum Gasteiger partial charge on any atom is -0.480 e. The predicted molar refractivity (Wildman–Crippen MR) is 126 cm³/mol. The molecule has 1 aliphatic carbocycles. The number of rotatable bonds is 7. The van der Waals surface area contributed by atoms with Gasteiger partial charge in [0, 0.05) is 13.0 Å². The third kappa shape index (κ3) is 4.36. The lowest BCUT2D eigenvalue weighted by Gasteiger charge is -2.18. The molecule has 2 aromatic carbocycles. The van der Waals surface area contributed by atoms with E-state index in [1.165, 1.54) is 17.9 Å². The summed E-state index contributed by atoms with van der Waals surface area (Å²) in [4.78, 5) is 36.8. The number of nitrogens with one attached hydrogen (secondary N) is 2. The zero-order valence-corrected chi connectivity index (χ0v) is 19.1. The second-order valence-electron chi connectivity index (χ2n) is 8.51. The summed E-state index contributed by atoms with van der Waals surface area (Å²) < 4.78 is 6.80. The van der Waals surface area contributed by atoms with Crippen molar-refractivity contribution in [1.82, 2.24) is 15.1 Å². The van der Waals surface area contributed by atoms with E-state index >= 15 is 0 Å². The standard InChI is InChI=1S/C25H26N4O5/c1-14(2)21(24(31)32)28-23(30)22-20(12-26-29(22)3)27-25(33)34-13-19-17-10-6-4-8-15(17)16-9-5-7-11-18(16)19/h4-12,14,19,21H,13H2,1-3H3,(H,27,33)(H,28,30)(H,31,32). The van der Waals surface area contributed by atoms with Gasteiger partial charge in [-0.3, -0.25) is 14.8 Å². The van der Waals surface area contributed by atoms with Crippen LogP contribution in [-0.4, -0.2) is 45.5 Å². The maximum atomic E-state index is 12.8. The van der Waals surface area contributed by atoms with Crippen molar-refractivity contribution < 1.29 is 24.2 Å². The molecule has 0 spiro atoms. The average Bonchev–Trinajstić information content (AvgIpc) is 3.33. The normalized spacial score (nSPS) is 13.2. The van der Waals surface area contributed by atoms with Crippen LogP contribution in [0.4, 0.5) is 10.5 Å². The van der Waals surface area contributed by atoms with Gasteiger partial charge in [0.15, 0.2) is 0 Å². The van der Waals surface area contributed by atoms with E-state index in [4.69, 9.17) is 4.74 Å². The van der Waals surface area contributed by atoms with Gasteiger partial charge in [0.25, 0.3) is 5.91 Å². The number of fused-ring (bicyclic) bond motifs is 3. The van der Waals surface area contributed by atoms with Gasteiger partial charge >= 0.3 is 12.1 Å². The molecule has 1 aromatic heterocycles. The molecule has 34 heavy (non-hydrogen) atoms. The van der Waals surface area contributed by atoms with E-state index in [9.17, 15) is 19.5 Å².